The first-order valence-corrected chi connectivity index (χ1v) is 13.7. The molecule has 1 fully saturated rings. The second kappa shape index (κ2) is 11.0. The summed E-state index contributed by atoms with van der Waals surface area (Å²) in [5, 5.41) is 12.6. The second-order valence-electron chi connectivity index (χ2n) is 10.7. The Morgan fingerprint density at radius 1 is 0.878 bits per heavy atom. The number of nitrogens with zero attached hydrogens (tertiary/aromatic N) is 1. The first-order chi connectivity index (χ1) is 19.9. The summed E-state index contributed by atoms with van der Waals surface area (Å²) < 4.78 is 13.9. The number of nitrogens with one attached hydrogen (secondary N) is 1. The van der Waals surface area contributed by atoms with Gasteiger partial charge in [0.15, 0.2) is 0 Å². The highest BCUT2D eigenvalue weighted by Crippen LogP contribution is 2.47. The molecule has 0 radical (unpaired) electrons. The predicted molar refractivity (Wildman–Crippen MR) is 153 cm³/mol. The molecule has 2 atom stereocenters. The molecule has 1 heterocycles. The number of benzene rings is 4. The number of hydrogen-bond donors (Lipinski definition) is 2. The fourth-order valence-electron chi connectivity index (χ4n) is 5.84. The Kier molecular flexibility index (Phi) is 7.10. The Labute approximate surface area is 237 Å². The van der Waals surface area contributed by atoms with Gasteiger partial charge in [0.25, 0.3) is 5.91 Å². The molecule has 6 rings (SSSR count). The minimum Gasteiger partial charge on any atom is -0.478 e. The molecular formula is C34H29FN2O4. The molecule has 2 N–H and O–H groups in total. The van der Waals surface area contributed by atoms with Crippen LogP contribution in [0.1, 0.15) is 55.3 Å². The number of carbonyl (C=O) groups is 3. The topological polar surface area (TPSA) is 86.7 Å². The van der Waals surface area contributed by atoms with Crippen LogP contribution in [0.3, 0.4) is 0 Å². The Balaban J connectivity index is 1.28. The molecule has 206 valence electrons. The van der Waals surface area contributed by atoms with Crippen molar-refractivity contribution in [3.05, 3.63) is 130 Å². The maximum Gasteiger partial charge on any atom is 0.335 e. The smallest absolute Gasteiger partial charge is 0.335 e. The van der Waals surface area contributed by atoms with Crippen LogP contribution in [0.2, 0.25) is 0 Å². The number of rotatable bonds is 7. The second-order valence-corrected chi connectivity index (χ2v) is 10.7. The van der Waals surface area contributed by atoms with Gasteiger partial charge in [-0.2, -0.15) is 0 Å². The van der Waals surface area contributed by atoms with Gasteiger partial charge in [-0.25, -0.2) is 9.18 Å². The molecule has 0 saturated heterocycles. The van der Waals surface area contributed by atoms with E-state index < -0.39 is 11.8 Å². The van der Waals surface area contributed by atoms with E-state index in [1.165, 1.54) is 23.8 Å². The van der Waals surface area contributed by atoms with Gasteiger partial charge < -0.3 is 15.3 Å². The summed E-state index contributed by atoms with van der Waals surface area (Å²) in [6, 6.07) is 26.4. The molecule has 0 unspecified atom stereocenters. The van der Waals surface area contributed by atoms with Gasteiger partial charge in [0.2, 0.25) is 5.91 Å². The number of fused-ring (bicyclic) bond motifs is 1. The van der Waals surface area contributed by atoms with Gasteiger partial charge in [-0.15, -0.1) is 0 Å². The normalized spacial score (nSPS) is 17.4. The molecule has 0 bridgehead atoms. The van der Waals surface area contributed by atoms with Crippen LogP contribution < -0.4 is 5.32 Å². The lowest BCUT2D eigenvalue weighted by molar-refractivity contribution is -0.122. The van der Waals surface area contributed by atoms with Crippen LogP contribution in [-0.4, -0.2) is 34.3 Å². The molecule has 0 spiro atoms. The first-order valence-electron chi connectivity index (χ1n) is 13.7. The van der Waals surface area contributed by atoms with Crippen molar-refractivity contribution >= 4 is 17.8 Å². The van der Waals surface area contributed by atoms with Crippen LogP contribution in [-0.2, 0) is 24.3 Å². The summed E-state index contributed by atoms with van der Waals surface area (Å²) >= 11 is 0. The average Bonchev–Trinajstić information content (AvgIpc) is 3.81. The molecule has 1 aliphatic heterocycles. The lowest BCUT2D eigenvalue weighted by Crippen LogP contribution is -2.37. The Bertz CT molecular complexity index is 1650. The van der Waals surface area contributed by atoms with Crippen molar-refractivity contribution in [3.8, 4) is 11.1 Å². The minimum absolute atomic E-state index is 0.00865. The minimum atomic E-state index is -0.999. The van der Waals surface area contributed by atoms with Gasteiger partial charge in [0, 0.05) is 31.1 Å². The first kappa shape index (κ1) is 26.4. The van der Waals surface area contributed by atoms with E-state index in [9.17, 15) is 23.9 Å². The molecule has 2 aliphatic rings. The summed E-state index contributed by atoms with van der Waals surface area (Å²) in [7, 11) is 0. The van der Waals surface area contributed by atoms with Gasteiger partial charge in [-0.1, -0.05) is 60.7 Å². The fraction of sp³-hybridized carbons (Fsp3) is 0.206. The van der Waals surface area contributed by atoms with Crippen LogP contribution in [0.25, 0.3) is 11.1 Å². The quantitative estimate of drug-likeness (QED) is 0.305. The predicted octanol–water partition coefficient (Wildman–Crippen LogP) is 5.81. The van der Waals surface area contributed by atoms with Gasteiger partial charge in [-0.05, 0) is 82.5 Å². The summed E-state index contributed by atoms with van der Waals surface area (Å²) in [5.41, 5.74) is 6.20. The Hall–Kier alpha value is -4.78. The van der Waals surface area contributed by atoms with Crippen LogP contribution in [0, 0.1) is 11.7 Å². The highest BCUT2D eigenvalue weighted by molar-refractivity contribution is 5.94. The van der Waals surface area contributed by atoms with E-state index in [-0.39, 0.29) is 34.8 Å². The largest absolute Gasteiger partial charge is 0.478 e. The number of halogens is 1. The summed E-state index contributed by atoms with van der Waals surface area (Å²) in [4.78, 5) is 39.7. The van der Waals surface area contributed by atoms with E-state index in [0.717, 1.165) is 34.2 Å². The van der Waals surface area contributed by atoms with Crippen molar-refractivity contribution in [2.75, 3.05) is 6.54 Å². The lowest BCUT2D eigenvalue weighted by atomic mass is 9.87. The zero-order chi connectivity index (χ0) is 28.5. The Morgan fingerprint density at radius 3 is 2.44 bits per heavy atom. The van der Waals surface area contributed by atoms with Crippen molar-refractivity contribution in [1.82, 2.24) is 10.2 Å². The van der Waals surface area contributed by atoms with Crippen LogP contribution in [0.15, 0.2) is 91.0 Å². The summed E-state index contributed by atoms with van der Waals surface area (Å²) in [5.74, 6) is -1.54. The van der Waals surface area contributed by atoms with Gasteiger partial charge in [-0.3, -0.25) is 9.59 Å². The number of amides is 2. The van der Waals surface area contributed by atoms with E-state index in [2.05, 4.69) is 17.4 Å². The molecule has 1 saturated carbocycles. The third-order valence-electron chi connectivity index (χ3n) is 8.10. The zero-order valence-corrected chi connectivity index (χ0v) is 22.3. The van der Waals surface area contributed by atoms with Crippen molar-refractivity contribution in [1.29, 1.82) is 0 Å². The van der Waals surface area contributed by atoms with Crippen molar-refractivity contribution in [3.63, 3.8) is 0 Å². The van der Waals surface area contributed by atoms with Crippen molar-refractivity contribution in [2.24, 2.45) is 5.92 Å². The molecule has 1 aliphatic carbocycles. The SMILES string of the molecule is O=C(O)c1cccc(-c2ccc(CNC(=O)[C@H]3C[C@@H]3c3ccccc3)c3c2CCN(C(=O)c2cccc(F)c2)C3)c1. The van der Waals surface area contributed by atoms with Crippen molar-refractivity contribution < 1.29 is 23.9 Å². The van der Waals surface area contributed by atoms with Gasteiger partial charge in [0.05, 0.1) is 5.56 Å². The molecule has 4 aromatic carbocycles. The van der Waals surface area contributed by atoms with Crippen LogP contribution in [0.5, 0.6) is 0 Å². The van der Waals surface area contributed by atoms with E-state index in [4.69, 9.17) is 0 Å². The number of carboxylic acids is 1. The molecule has 6 nitrogen and oxygen atoms in total. The average molecular weight is 549 g/mol. The number of carboxylic acid groups (broad SMARTS) is 1. The maximum atomic E-state index is 13.9. The molecule has 2 amide bonds. The standard InChI is InChI=1S/C34H29FN2O4/c35-26-11-5-9-23(17-26)33(39)37-15-14-28-27(22-8-4-10-24(16-22)34(40)41)13-12-25(31(28)20-37)19-36-32(38)30-18-29(30)21-6-2-1-3-7-21/h1-13,16-17,29-30H,14-15,18-20H2,(H,36,38)(H,40,41)/t29-,30+/m1/s1. The van der Waals surface area contributed by atoms with E-state index in [1.807, 2.05) is 36.4 Å². The van der Waals surface area contributed by atoms with Crippen molar-refractivity contribution in [2.45, 2.75) is 31.8 Å². The fourth-order valence-corrected chi connectivity index (χ4v) is 5.84. The van der Waals surface area contributed by atoms with E-state index in [1.54, 1.807) is 29.2 Å². The highest BCUT2D eigenvalue weighted by Gasteiger charge is 2.43. The molecule has 41 heavy (non-hydrogen) atoms. The number of aromatic carboxylic acids is 1. The molecular weight excluding hydrogens is 519 g/mol. The van der Waals surface area contributed by atoms with Gasteiger partial charge >= 0.3 is 5.97 Å². The molecule has 0 aromatic heterocycles. The zero-order valence-electron chi connectivity index (χ0n) is 22.3. The third kappa shape index (κ3) is 5.48. The third-order valence-corrected chi connectivity index (χ3v) is 8.10. The summed E-state index contributed by atoms with van der Waals surface area (Å²) in [6.45, 7) is 1.06. The molecule has 4 aromatic rings. The van der Waals surface area contributed by atoms with E-state index >= 15 is 0 Å². The van der Waals surface area contributed by atoms with Crippen LogP contribution in [0.4, 0.5) is 4.39 Å². The highest BCUT2D eigenvalue weighted by atomic mass is 19.1. The monoisotopic (exact) mass is 548 g/mol. The summed E-state index contributed by atoms with van der Waals surface area (Å²) in [6.07, 6.45) is 1.37. The lowest BCUT2D eigenvalue weighted by Gasteiger charge is -2.32. The molecule has 7 heteroatoms. The van der Waals surface area contributed by atoms with Crippen LogP contribution >= 0.6 is 0 Å². The number of hydrogen-bond acceptors (Lipinski definition) is 3. The number of carbonyl (C=O) groups excluding carboxylic acids is 2. The Morgan fingerprint density at radius 2 is 1.66 bits per heavy atom. The van der Waals surface area contributed by atoms with E-state index in [0.29, 0.717) is 26.1 Å². The van der Waals surface area contributed by atoms with Gasteiger partial charge in [0.1, 0.15) is 5.82 Å². The maximum absolute atomic E-state index is 13.9.